The van der Waals surface area contributed by atoms with Gasteiger partial charge in [0.25, 0.3) is 0 Å². The maximum atomic E-state index is 13.2. The Morgan fingerprint density at radius 1 is 1.16 bits per heavy atom. The molecule has 0 aliphatic carbocycles. The number of aromatic nitrogens is 1. The quantitative estimate of drug-likeness (QED) is 0.519. The average molecular weight is 428 g/mol. The van der Waals surface area contributed by atoms with Crippen molar-refractivity contribution in [1.29, 1.82) is 0 Å². The number of benzene rings is 1. The zero-order valence-electron chi connectivity index (χ0n) is 19.5. The standard InChI is InChI=1S/C25H37N3O3/c1-25(2,3)18-22(29)28(16-11-17-30-4)19-21-23(20-12-7-5-8-13-20)26-31-24(21)27-14-9-6-10-15-27/h5,7-8,12-13H,6,9-11,14-19H2,1-4H3. The van der Waals surface area contributed by atoms with Crippen LogP contribution in [0.15, 0.2) is 34.9 Å². The predicted octanol–water partition coefficient (Wildman–Crippen LogP) is 5.13. The van der Waals surface area contributed by atoms with Crippen molar-refractivity contribution in [1.82, 2.24) is 10.1 Å². The largest absolute Gasteiger partial charge is 0.385 e. The number of hydrogen-bond acceptors (Lipinski definition) is 5. The summed E-state index contributed by atoms with van der Waals surface area (Å²) in [5.74, 6) is 0.979. The summed E-state index contributed by atoms with van der Waals surface area (Å²) in [6.45, 7) is 10.0. The van der Waals surface area contributed by atoms with Crippen LogP contribution in [0.2, 0.25) is 0 Å². The summed E-state index contributed by atoms with van der Waals surface area (Å²) in [7, 11) is 1.70. The summed E-state index contributed by atoms with van der Waals surface area (Å²) < 4.78 is 11.2. The highest BCUT2D eigenvalue weighted by atomic mass is 16.5. The lowest BCUT2D eigenvalue weighted by molar-refractivity contribution is -0.133. The first-order valence-electron chi connectivity index (χ1n) is 11.4. The van der Waals surface area contributed by atoms with E-state index in [-0.39, 0.29) is 11.3 Å². The van der Waals surface area contributed by atoms with Crippen molar-refractivity contribution in [2.75, 3.05) is 38.3 Å². The van der Waals surface area contributed by atoms with Crippen molar-refractivity contribution in [2.45, 2.75) is 59.4 Å². The summed E-state index contributed by atoms with van der Waals surface area (Å²) in [4.78, 5) is 17.5. The Bertz CT molecular complexity index is 820. The van der Waals surface area contributed by atoms with Gasteiger partial charge >= 0.3 is 0 Å². The Labute approximate surface area is 186 Å². The molecule has 1 amide bonds. The number of amides is 1. The number of piperidine rings is 1. The fourth-order valence-electron chi connectivity index (χ4n) is 4.06. The van der Waals surface area contributed by atoms with Crippen LogP contribution in [0.1, 0.15) is 58.4 Å². The molecule has 0 spiro atoms. The lowest BCUT2D eigenvalue weighted by Gasteiger charge is -2.29. The second kappa shape index (κ2) is 10.8. The SMILES string of the molecule is COCCCN(Cc1c(-c2ccccc2)noc1N1CCCCC1)C(=O)CC(C)(C)C. The molecule has 1 aromatic heterocycles. The summed E-state index contributed by atoms with van der Waals surface area (Å²) in [6.07, 6.45) is 4.86. The Balaban J connectivity index is 1.93. The maximum Gasteiger partial charge on any atom is 0.232 e. The third-order valence-electron chi connectivity index (χ3n) is 5.62. The van der Waals surface area contributed by atoms with E-state index < -0.39 is 0 Å². The number of carbonyl (C=O) groups excluding carboxylic acids is 1. The summed E-state index contributed by atoms with van der Waals surface area (Å²) in [6, 6.07) is 10.1. The molecular weight excluding hydrogens is 390 g/mol. The first kappa shape index (κ1) is 23.3. The van der Waals surface area contributed by atoms with Gasteiger partial charge in [0.15, 0.2) is 0 Å². The van der Waals surface area contributed by atoms with Gasteiger partial charge in [0, 0.05) is 45.3 Å². The number of ether oxygens (including phenoxy) is 1. The lowest BCUT2D eigenvalue weighted by atomic mass is 9.91. The lowest BCUT2D eigenvalue weighted by Crippen LogP contribution is -2.35. The average Bonchev–Trinajstić information content (AvgIpc) is 3.16. The zero-order chi connectivity index (χ0) is 22.3. The number of rotatable bonds is 9. The molecule has 6 nitrogen and oxygen atoms in total. The van der Waals surface area contributed by atoms with Crippen molar-refractivity contribution >= 4 is 11.8 Å². The van der Waals surface area contributed by atoms with Crippen LogP contribution < -0.4 is 4.90 Å². The van der Waals surface area contributed by atoms with Gasteiger partial charge in [-0.15, -0.1) is 0 Å². The molecule has 0 N–H and O–H groups in total. The Morgan fingerprint density at radius 3 is 2.52 bits per heavy atom. The molecule has 0 radical (unpaired) electrons. The smallest absolute Gasteiger partial charge is 0.232 e. The molecule has 0 bridgehead atoms. The minimum Gasteiger partial charge on any atom is -0.385 e. The Morgan fingerprint density at radius 2 is 1.87 bits per heavy atom. The van der Waals surface area contributed by atoms with E-state index in [1.54, 1.807) is 7.11 Å². The molecule has 170 valence electrons. The molecule has 6 heteroatoms. The number of nitrogens with zero attached hydrogens (tertiary/aromatic N) is 3. The van der Waals surface area contributed by atoms with Crippen molar-refractivity contribution in [3.05, 3.63) is 35.9 Å². The van der Waals surface area contributed by atoms with Crippen molar-refractivity contribution in [3.8, 4) is 11.3 Å². The van der Waals surface area contributed by atoms with Gasteiger partial charge in [-0.2, -0.15) is 0 Å². The van der Waals surface area contributed by atoms with E-state index in [4.69, 9.17) is 9.26 Å². The zero-order valence-corrected chi connectivity index (χ0v) is 19.5. The monoisotopic (exact) mass is 427 g/mol. The van der Waals surface area contributed by atoms with Gasteiger partial charge in [0.2, 0.25) is 11.8 Å². The molecule has 1 aromatic carbocycles. The van der Waals surface area contributed by atoms with Gasteiger partial charge < -0.3 is 19.1 Å². The van der Waals surface area contributed by atoms with Crippen molar-refractivity contribution < 1.29 is 14.1 Å². The Kier molecular flexibility index (Phi) is 8.13. The molecule has 31 heavy (non-hydrogen) atoms. The van der Waals surface area contributed by atoms with Gasteiger partial charge in [-0.05, 0) is 31.1 Å². The van der Waals surface area contributed by atoms with E-state index in [1.165, 1.54) is 6.42 Å². The van der Waals surface area contributed by atoms with Crippen molar-refractivity contribution in [2.24, 2.45) is 5.41 Å². The van der Waals surface area contributed by atoms with Gasteiger partial charge in [-0.3, -0.25) is 4.79 Å². The number of hydrogen-bond donors (Lipinski definition) is 0. The van der Waals surface area contributed by atoms with E-state index in [2.05, 4.69) is 30.8 Å². The van der Waals surface area contributed by atoms with Crippen LogP contribution in [0.5, 0.6) is 0 Å². The molecule has 1 saturated heterocycles. The Hall–Kier alpha value is -2.34. The normalized spacial score (nSPS) is 14.6. The topological polar surface area (TPSA) is 58.8 Å². The van der Waals surface area contributed by atoms with Crippen LogP contribution in [0.25, 0.3) is 11.3 Å². The van der Waals surface area contributed by atoms with Gasteiger partial charge in [0.1, 0.15) is 5.69 Å². The third kappa shape index (κ3) is 6.57. The van der Waals surface area contributed by atoms with Crippen LogP contribution >= 0.6 is 0 Å². The number of methoxy groups -OCH3 is 1. The molecule has 0 saturated carbocycles. The minimum absolute atomic E-state index is 0.0663. The van der Waals surface area contributed by atoms with Crippen LogP contribution in [0.3, 0.4) is 0 Å². The third-order valence-corrected chi connectivity index (χ3v) is 5.62. The highest BCUT2D eigenvalue weighted by Gasteiger charge is 2.28. The van der Waals surface area contributed by atoms with E-state index in [0.717, 1.165) is 55.1 Å². The number of carbonyl (C=O) groups is 1. The van der Waals surface area contributed by atoms with Crippen LogP contribution in [-0.2, 0) is 16.1 Å². The van der Waals surface area contributed by atoms with E-state index in [9.17, 15) is 4.79 Å². The first-order chi connectivity index (χ1) is 14.9. The van der Waals surface area contributed by atoms with Gasteiger partial charge in [0.05, 0.1) is 12.1 Å². The molecule has 1 aliphatic rings. The van der Waals surface area contributed by atoms with E-state index >= 15 is 0 Å². The molecule has 1 fully saturated rings. The maximum absolute atomic E-state index is 13.2. The molecule has 0 unspecified atom stereocenters. The molecule has 2 heterocycles. The fourth-order valence-corrected chi connectivity index (χ4v) is 4.06. The van der Waals surface area contributed by atoms with Crippen molar-refractivity contribution in [3.63, 3.8) is 0 Å². The molecule has 0 atom stereocenters. The predicted molar refractivity (Wildman–Crippen MR) is 124 cm³/mol. The first-order valence-corrected chi connectivity index (χ1v) is 11.4. The minimum atomic E-state index is -0.0663. The molecule has 1 aliphatic heterocycles. The second-order valence-electron chi connectivity index (χ2n) is 9.63. The molecule has 2 aromatic rings. The van der Waals surface area contributed by atoms with E-state index in [0.29, 0.717) is 26.1 Å². The molecular formula is C25H37N3O3. The highest BCUT2D eigenvalue weighted by Crippen LogP contribution is 2.34. The van der Waals surface area contributed by atoms with Gasteiger partial charge in [-0.25, -0.2) is 0 Å². The fraction of sp³-hybridized carbons (Fsp3) is 0.600. The second-order valence-corrected chi connectivity index (χ2v) is 9.63. The van der Waals surface area contributed by atoms with E-state index in [1.807, 2.05) is 35.2 Å². The number of anilines is 1. The highest BCUT2D eigenvalue weighted by molar-refractivity contribution is 5.78. The summed E-state index contributed by atoms with van der Waals surface area (Å²) in [5.41, 5.74) is 2.79. The summed E-state index contributed by atoms with van der Waals surface area (Å²) in [5, 5.41) is 4.47. The van der Waals surface area contributed by atoms with Crippen LogP contribution in [-0.4, -0.2) is 49.3 Å². The molecule has 3 rings (SSSR count). The van der Waals surface area contributed by atoms with Gasteiger partial charge in [-0.1, -0.05) is 56.3 Å². The van der Waals surface area contributed by atoms with Crippen LogP contribution in [0.4, 0.5) is 5.88 Å². The summed E-state index contributed by atoms with van der Waals surface area (Å²) >= 11 is 0. The van der Waals surface area contributed by atoms with Crippen LogP contribution in [0, 0.1) is 5.41 Å².